The highest BCUT2D eigenvalue weighted by atomic mass is 32.2. The Kier molecular flexibility index (Phi) is 6.31. The molecule has 0 bridgehead atoms. The Labute approximate surface area is 189 Å². The Morgan fingerprint density at radius 2 is 2.03 bits per heavy atom. The molecule has 0 atom stereocenters. The molecule has 11 heteroatoms. The number of aryl methyl sites for hydroxylation is 1. The highest BCUT2D eigenvalue weighted by Gasteiger charge is 2.27. The van der Waals surface area contributed by atoms with Crippen LogP contribution in [0.5, 0.6) is 0 Å². The van der Waals surface area contributed by atoms with Crippen molar-refractivity contribution in [3.63, 3.8) is 0 Å². The van der Waals surface area contributed by atoms with Crippen LogP contribution in [0.1, 0.15) is 25.9 Å². The summed E-state index contributed by atoms with van der Waals surface area (Å²) in [7, 11) is -1.88. The van der Waals surface area contributed by atoms with Gasteiger partial charge in [-0.15, -0.1) is 22.7 Å². The van der Waals surface area contributed by atoms with Gasteiger partial charge in [-0.25, -0.2) is 18.1 Å². The third-order valence-electron chi connectivity index (χ3n) is 5.30. The van der Waals surface area contributed by atoms with Gasteiger partial charge in [0.15, 0.2) is 0 Å². The van der Waals surface area contributed by atoms with Crippen LogP contribution >= 0.6 is 22.7 Å². The minimum atomic E-state index is -3.69. The summed E-state index contributed by atoms with van der Waals surface area (Å²) in [4.78, 5) is 21.0. The van der Waals surface area contributed by atoms with Crippen LogP contribution in [0.3, 0.4) is 0 Å². The van der Waals surface area contributed by atoms with E-state index >= 15 is 0 Å². The van der Waals surface area contributed by atoms with Crippen LogP contribution in [0.2, 0.25) is 0 Å². The smallest absolute Gasteiger partial charge is 0.266 e. The molecule has 1 N–H and O–H groups in total. The molecule has 3 aromatic heterocycles. The van der Waals surface area contributed by atoms with Crippen LogP contribution in [0.25, 0.3) is 10.7 Å². The zero-order chi connectivity index (χ0) is 22.2. The fourth-order valence-corrected chi connectivity index (χ4v) is 6.54. The van der Waals surface area contributed by atoms with Gasteiger partial charge in [-0.3, -0.25) is 4.79 Å². The fourth-order valence-electron chi connectivity index (χ4n) is 3.42. The molecule has 1 amide bonds. The number of rotatable bonds is 6. The quantitative estimate of drug-likeness (QED) is 0.586. The van der Waals surface area contributed by atoms with Gasteiger partial charge in [0, 0.05) is 37.3 Å². The fraction of sp³-hybridized carbons (Fsp3) is 0.400. The van der Waals surface area contributed by atoms with Crippen LogP contribution in [-0.2, 0) is 28.4 Å². The molecule has 31 heavy (non-hydrogen) atoms. The first-order valence-corrected chi connectivity index (χ1v) is 13.0. The highest BCUT2D eigenvalue weighted by Crippen LogP contribution is 2.33. The number of hydrogen-bond donors (Lipinski definition) is 1. The van der Waals surface area contributed by atoms with Crippen LogP contribution in [0, 0.1) is 13.8 Å². The van der Waals surface area contributed by atoms with Gasteiger partial charge in [0.25, 0.3) is 5.91 Å². The standard InChI is InChI=1S/C20H24N4O4S3/c1-13-18(20(25)24-6-8-28-9-7-24)30-19(22-13)16-11-17(14(2)23(16)3)31(26,27)21-12-15-5-4-10-29-15/h4-5,10-11,21H,6-9,12H2,1-3H3. The van der Waals surface area contributed by atoms with Crippen molar-refractivity contribution in [2.24, 2.45) is 7.05 Å². The van der Waals surface area contributed by atoms with Gasteiger partial charge in [-0.05, 0) is 31.4 Å². The molecule has 0 saturated carbocycles. The monoisotopic (exact) mass is 480 g/mol. The summed E-state index contributed by atoms with van der Waals surface area (Å²) in [5.74, 6) is -0.0547. The SMILES string of the molecule is Cc1nc(-c2cc(S(=O)(=O)NCc3cccs3)c(C)n2C)sc1C(=O)N1CCOCC1. The maximum absolute atomic E-state index is 12.9. The molecule has 0 unspecified atom stereocenters. The van der Waals surface area contributed by atoms with Crippen molar-refractivity contribution in [1.82, 2.24) is 19.2 Å². The molecular formula is C20H24N4O4S3. The lowest BCUT2D eigenvalue weighted by Gasteiger charge is -2.26. The van der Waals surface area contributed by atoms with E-state index in [0.29, 0.717) is 53.3 Å². The van der Waals surface area contributed by atoms with E-state index in [1.54, 1.807) is 22.5 Å². The van der Waals surface area contributed by atoms with E-state index in [9.17, 15) is 13.2 Å². The van der Waals surface area contributed by atoms with Crippen molar-refractivity contribution >= 4 is 38.6 Å². The second-order valence-corrected chi connectivity index (χ2v) is 11.0. The van der Waals surface area contributed by atoms with Crippen LogP contribution in [0.4, 0.5) is 0 Å². The number of thiazole rings is 1. The van der Waals surface area contributed by atoms with Crippen molar-refractivity contribution in [2.75, 3.05) is 26.3 Å². The lowest BCUT2D eigenvalue weighted by atomic mass is 10.3. The van der Waals surface area contributed by atoms with E-state index in [4.69, 9.17) is 4.74 Å². The highest BCUT2D eigenvalue weighted by molar-refractivity contribution is 7.89. The summed E-state index contributed by atoms with van der Waals surface area (Å²) in [6.45, 7) is 6.02. The molecule has 8 nitrogen and oxygen atoms in total. The molecule has 1 saturated heterocycles. The van der Waals surface area contributed by atoms with Gasteiger partial charge >= 0.3 is 0 Å². The molecule has 166 valence electrons. The summed E-state index contributed by atoms with van der Waals surface area (Å²) in [5.41, 5.74) is 1.93. The Hall–Kier alpha value is -2.05. The molecule has 0 spiro atoms. The minimum absolute atomic E-state index is 0.0547. The number of amides is 1. The summed E-state index contributed by atoms with van der Waals surface area (Å²) in [6.07, 6.45) is 0. The molecular weight excluding hydrogens is 456 g/mol. The molecule has 3 aromatic rings. The Bertz CT molecular complexity index is 1190. The number of hydrogen-bond acceptors (Lipinski definition) is 7. The Balaban J connectivity index is 1.61. The largest absolute Gasteiger partial charge is 0.378 e. The van der Waals surface area contributed by atoms with E-state index in [2.05, 4.69) is 9.71 Å². The minimum Gasteiger partial charge on any atom is -0.378 e. The molecule has 1 fully saturated rings. The third-order valence-corrected chi connectivity index (χ3v) is 8.86. The first-order chi connectivity index (χ1) is 14.8. The average Bonchev–Trinajstić information content (AvgIpc) is 3.48. The van der Waals surface area contributed by atoms with Gasteiger partial charge in [0.1, 0.15) is 14.8 Å². The van der Waals surface area contributed by atoms with Gasteiger partial charge in [0.05, 0.1) is 24.6 Å². The van der Waals surface area contributed by atoms with Crippen molar-refractivity contribution in [3.8, 4) is 10.7 Å². The summed E-state index contributed by atoms with van der Waals surface area (Å²) < 4.78 is 35.6. The molecule has 1 aliphatic heterocycles. The van der Waals surface area contributed by atoms with E-state index in [1.165, 1.54) is 22.7 Å². The van der Waals surface area contributed by atoms with E-state index < -0.39 is 10.0 Å². The second-order valence-electron chi connectivity index (χ2n) is 7.28. The molecule has 0 aromatic carbocycles. The molecule has 4 rings (SSSR count). The maximum Gasteiger partial charge on any atom is 0.266 e. The van der Waals surface area contributed by atoms with Crippen molar-refractivity contribution < 1.29 is 17.9 Å². The van der Waals surface area contributed by atoms with Crippen molar-refractivity contribution in [3.05, 3.63) is 44.7 Å². The van der Waals surface area contributed by atoms with Crippen LogP contribution in [-0.4, -0.2) is 55.1 Å². The first-order valence-electron chi connectivity index (χ1n) is 9.81. The number of carbonyl (C=O) groups excluding carboxylic acids is 1. The van der Waals surface area contributed by atoms with Crippen LogP contribution < -0.4 is 4.72 Å². The van der Waals surface area contributed by atoms with E-state index in [1.807, 2.05) is 31.5 Å². The number of aromatic nitrogens is 2. The predicted molar refractivity (Wildman–Crippen MR) is 121 cm³/mol. The van der Waals surface area contributed by atoms with Crippen LogP contribution in [0.15, 0.2) is 28.5 Å². The lowest BCUT2D eigenvalue weighted by Crippen LogP contribution is -2.40. The van der Waals surface area contributed by atoms with Crippen molar-refractivity contribution in [1.29, 1.82) is 0 Å². The number of morpholine rings is 1. The topological polar surface area (TPSA) is 93.5 Å². The van der Waals surface area contributed by atoms with Gasteiger partial charge < -0.3 is 14.2 Å². The first kappa shape index (κ1) is 22.2. The molecule has 4 heterocycles. The van der Waals surface area contributed by atoms with E-state index in [0.717, 1.165) is 4.88 Å². The van der Waals surface area contributed by atoms with Gasteiger partial charge in [-0.1, -0.05) is 6.07 Å². The third kappa shape index (κ3) is 4.46. The summed E-state index contributed by atoms with van der Waals surface area (Å²) in [5, 5.41) is 2.54. The van der Waals surface area contributed by atoms with E-state index in [-0.39, 0.29) is 17.3 Å². The number of thiophene rings is 1. The molecule has 0 aliphatic carbocycles. The lowest BCUT2D eigenvalue weighted by molar-refractivity contribution is 0.0305. The molecule has 0 radical (unpaired) electrons. The Morgan fingerprint density at radius 1 is 1.29 bits per heavy atom. The predicted octanol–water partition coefficient (Wildman–Crippen LogP) is 2.78. The second kappa shape index (κ2) is 8.83. The van der Waals surface area contributed by atoms with Crippen molar-refractivity contribution in [2.45, 2.75) is 25.3 Å². The number of sulfonamides is 1. The average molecular weight is 481 g/mol. The zero-order valence-electron chi connectivity index (χ0n) is 17.5. The zero-order valence-corrected chi connectivity index (χ0v) is 20.0. The summed E-state index contributed by atoms with van der Waals surface area (Å²) >= 11 is 2.80. The van der Waals surface area contributed by atoms with Gasteiger partial charge in [-0.2, -0.15) is 0 Å². The Morgan fingerprint density at radius 3 is 2.71 bits per heavy atom. The number of nitrogens with one attached hydrogen (secondary N) is 1. The maximum atomic E-state index is 12.9. The van der Waals surface area contributed by atoms with Gasteiger partial charge in [0.2, 0.25) is 10.0 Å². The normalized spacial score (nSPS) is 14.9. The summed E-state index contributed by atoms with van der Waals surface area (Å²) in [6, 6.07) is 5.41. The molecule has 1 aliphatic rings. The number of nitrogens with zero attached hydrogens (tertiary/aromatic N) is 3. The number of carbonyl (C=O) groups is 1. The number of ether oxygens (including phenoxy) is 1.